The number of hydrogen-bond donors (Lipinski definition) is 0. The van der Waals surface area contributed by atoms with Gasteiger partial charge in [-0.25, -0.2) is 14.4 Å². The number of benzene rings is 5. The fourth-order valence-electron chi connectivity index (χ4n) is 5.93. The molecule has 0 unspecified atom stereocenters. The van der Waals surface area contributed by atoms with Gasteiger partial charge in [0.2, 0.25) is 5.88 Å². The molecule has 0 bridgehead atoms. The lowest BCUT2D eigenvalue weighted by atomic mass is 9.77. The quantitative estimate of drug-likeness (QED) is 0.0694. The number of fused-ring (bicyclic) bond motifs is 1. The Hall–Kier alpha value is -5.88. The zero-order valence-corrected chi connectivity index (χ0v) is 26.1. The zero-order valence-electron chi connectivity index (χ0n) is 25.3. The molecule has 0 radical (unpaired) electrons. The topological polar surface area (TPSA) is 87.0 Å². The van der Waals surface area contributed by atoms with Crippen LogP contribution in [-0.2, 0) is 15.7 Å². The van der Waals surface area contributed by atoms with Gasteiger partial charge in [0.15, 0.2) is 0 Å². The van der Waals surface area contributed by atoms with Gasteiger partial charge in [0.25, 0.3) is 0 Å². The standard InChI is InChI=1S/C37H24F4N4O3S/c38-30-19-16-25(17-20-30)34-32(26-18-21-33-31(22-26)35(43-24-42-33)48-49(46,47)37(39,40)41)23-45(44-34)36(27-10-4-1-5-11-27,28-12-6-2-7-13-28)29-14-8-3-9-15-29/h1-24H. The van der Waals surface area contributed by atoms with Crippen molar-refractivity contribution >= 4 is 21.0 Å². The summed E-state index contributed by atoms with van der Waals surface area (Å²) in [5, 5.41) is 5.09. The number of hydrogen-bond acceptors (Lipinski definition) is 6. The van der Waals surface area contributed by atoms with Crippen molar-refractivity contribution in [3.63, 3.8) is 0 Å². The van der Waals surface area contributed by atoms with E-state index >= 15 is 0 Å². The largest absolute Gasteiger partial charge is 0.534 e. The van der Waals surface area contributed by atoms with Gasteiger partial charge in [-0.2, -0.15) is 26.7 Å². The zero-order chi connectivity index (χ0) is 34.2. The Morgan fingerprint density at radius 3 is 1.71 bits per heavy atom. The molecule has 2 aromatic heterocycles. The maximum atomic E-state index is 14.1. The smallest absolute Gasteiger partial charge is 0.354 e. The van der Waals surface area contributed by atoms with Crippen LogP contribution < -0.4 is 4.18 Å². The Bertz CT molecular complexity index is 2270. The molecule has 2 heterocycles. The number of alkyl halides is 3. The van der Waals surface area contributed by atoms with Gasteiger partial charge in [-0.15, -0.1) is 0 Å². The molecule has 0 amide bonds. The third kappa shape index (κ3) is 5.69. The molecule has 0 N–H and O–H groups in total. The van der Waals surface area contributed by atoms with Crippen LogP contribution in [0.4, 0.5) is 17.6 Å². The van der Waals surface area contributed by atoms with Gasteiger partial charge in [-0.1, -0.05) is 97.1 Å². The average Bonchev–Trinajstić information content (AvgIpc) is 3.55. The molecule has 0 atom stereocenters. The Kier molecular flexibility index (Phi) is 7.95. The highest BCUT2D eigenvalue weighted by atomic mass is 32.2. The highest BCUT2D eigenvalue weighted by Gasteiger charge is 2.49. The summed E-state index contributed by atoms with van der Waals surface area (Å²) in [6.07, 6.45) is 2.72. The van der Waals surface area contributed by atoms with E-state index < -0.39 is 32.9 Å². The van der Waals surface area contributed by atoms with Crippen LogP contribution in [0.3, 0.4) is 0 Å². The predicted molar refractivity (Wildman–Crippen MR) is 176 cm³/mol. The monoisotopic (exact) mass is 680 g/mol. The molecule has 7 rings (SSSR count). The number of aromatic nitrogens is 4. The van der Waals surface area contributed by atoms with Crippen LogP contribution in [-0.4, -0.2) is 33.7 Å². The van der Waals surface area contributed by atoms with E-state index in [4.69, 9.17) is 5.10 Å². The van der Waals surface area contributed by atoms with Crippen molar-refractivity contribution in [1.29, 1.82) is 0 Å². The lowest BCUT2D eigenvalue weighted by Crippen LogP contribution is -2.38. The van der Waals surface area contributed by atoms with Crippen LogP contribution in [0.15, 0.2) is 146 Å². The van der Waals surface area contributed by atoms with Gasteiger partial charge in [-0.3, -0.25) is 4.68 Å². The Morgan fingerprint density at radius 2 is 1.18 bits per heavy atom. The van der Waals surface area contributed by atoms with Crippen LogP contribution >= 0.6 is 0 Å². The average molecular weight is 681 g/mol. The lowest BCUT2D eigenvalue weighted by molar-refractivity contribution is -0.0500. The molecule has 0 aliphatic rings. The SMILES string of the molecule is O=S(=O)(Oc1ncnc2ccc(-c3cn(C(c4ccccc4)(c4ccccc4)c4ccccc4)nc3-c3ccc(F)cc3)cc12)C(F)(F)F. The summed E-state index contributed by atoms with van der Waals surface area (Å²) < 4.78 is 84.1. The Balaban J connectivity index is 1.53. The van der Waals surface area contributed by atoms with E-state index in [0.29, 0.717) is 22.4 Å². The minimum absolute atomic E-state index is 0.0777. The molecule has 7 aromatic rings. The fourth-order valence-corrected chi connectivity index (χ4v) is 6.37. The maximum Gasteiger partial charge on any atom is 0.534 e. The van der Waals surface area contributed by atoms with E-state index in [2.05, 4.69) is 14.2 Å². The maximum absolute atomic E-state index is 14.1. The molecule has 5 aromatic carbocycles. The minimum atomic E-state index is -6.02. The Labute approximate surface area is 278 Å². The van der Waals surface area contributed by atoms with Gasteiger partial charge >= 0.3 is 15.6 Å². The molecule has 7 nitrogen and oxygen atoms in total. The summed E-state index contributed by atoms with van der Waals surface area (Å²) in [7, 11) is -6.02. The highest BCUT2D eigenvalue weighted by molar-refractivity contribution is 7.88. The van der Waals surface area contributed by atoms with Crippen molar-refractivity contribution in [2.24, 2.45) is 0 Å². The summed E-state index contributed by atoms with van der Waals surface area (Å²) in [5.74, 6) is -1.24. The molecular weight excluding hydrogens is 656 g/mol. The van der Waals surface area contributed by atoms with Crippen molar-refractivity contribution in [1.82, 2.24) is 19.7 Å². The molecular formula is C37H24F4N4O3S. The molecule has 0 saturated heterocycles. The lowest BCUT2D eigenvalue weighted by Gasteiger charge is -2.36. The second kappa shape index (κ2) is 12.3. The van der Waals surface area contributed by atoms with Crippen LogP contribution in [0.2, 0.25) is 0 Å². The van der Waals surface area contributed by atoms with Gasteiger partial charge in [0.1, 0.15) is 23.4 Å². The van der Waals surface area contributed by atoms with Gasteiger partial charge in [0.05, 0.1) is 10.9 Å². The molecule has 0 aliphatic heterocycles. The summed E-state index contributed by atoms with van der Waals surface area (Å²) >= 11 is 0. The first-order chi connectivity index (χ1) is 23.6. The first-order valence-electron chi connectivity index (χ1n) is 14.9. The number of halogens is 4. The third-order valence-electron chi connectivity index (χ3n) is 8.13. The van der Waals surface area contributed by atoms with Crippen molar-refractivity contribution < 1.29 is 30.2 Å². The van der Waals surface area contributed by atoms with Crippen molar-refractivity contribution in [3.05, 3.63) is 168 Å². The summed E-state index contributed by atoms with van der Waals surface area (Å²) in [5.41, 5.74) is -1.99. The van der Waals surface area contributed by atoms with E-state index in [1.54, 1.807) is 18.2 Å². The van der Waals surface area contributed by atoms with Crippen molar-refractivity contribution in [2.45, 2.75) is 11.0 Å². The Morgan fingerprint density at radius 1 is 0.653 bits per heavy atom. The van der Waals surface area contributed by atoms with Gasteiger partial charge in [-0.05, 0) is 58.7 Å². The van der Waals surface area contributed by atoms with E-state index in [-0.39, 0.29) is 10.9 Å². The molecule has 0 aliphatic carbocycles. The second-order valence-electron chi connectivity index (χ2n) is 11.0. The first-order valence-corrected chi connectivity index (χ1v) is 16.3. The third-order valence-corrected chi connectivity index (χ3v) is 9.08. The molecule has 0 saturated carbocycles. The fraction of sp³-hybridized carbons (Fsp3) is 0.0541. The first kappa shape index (κ1) is 31.7. The molecule has 0 spiro atoms. The van der Waals surface area contributed by atoms with E-state index in [1.165, 1.54) is 24.3 Å². The van der Waals surface area contributed by atoms with Crippen LogP contribution in [0.25, 0.3) is 33.3 Å². The molecule has 0 fully saturated rings. The molecule has 49 heavy (non-hydrogen) atoms. The molecule has 244 valence electrons. The summed E-state index contributed by atoms with van der Waals surface area (Å²) in [4.78, 5) is 7.81. The van der Waals surface area contributed by atoms with E-state index in [0.717, 1.165) is 23.0 Å². The summed E-state index contributed by atoms with van der Waals surface area (Å²) in [6, 6.07) is 39.7. The van der Waals surface area contributed by atoms with E-state index in [9.17, 15) is 26.0 Å². The van der Waals surface area contributed by atoms with Crippen molar-refractivity contribution in [2.75, 3.05) is 0 Å². The van der Waals surface area contributed by atoms with Crippen LogP contribution in [0.5, 0.6) is 5.88 Å². The number of rotatable bonds is 8. The second-order valence-corrected chi connectivity index (χ2v) is 12.6. The van der Waals surface area contributed by atoms with Gasteiger partial charge in [0, 0.05) is 17.3 Å². The van der Waals surface area contributed by atoms with Crippen LogP contribution in [0, 0.1) is 5.82 Å². The molecule has 12 heteroatoms. The summed E-state index contributed by atoms with van der Waals surface area (Å²) in [6.45, 7) is 0. The predicted octanol–water partition coefficient (Wildman–Crippen LogP) is 8.37. The normalized spacial score (nSPS) is 12.2. The number of nitrogens with zero attached hydrogens (tertiary/aromatic N) is 4. The van der Waals surface area contributed by atoms with Crippen molar-refractivity contribution in [3.8, 4) is 28.3 Å². The highest BCUT2D eigenvalue weighted by Crippen LogP contribution is 2.44. The van der Waals surface area contributed by atoms with Gasteiger partial charge < -0.3 is 4.18 Å². The minimum Gasteiger partial charge on any atom is -0.354 e. The van der Waals surface area contributed by atoms with E-state index in [1.807, 2.05) is 102 Å². The van der Waals surface area contributed by atoms with Crippen LogP contribution in [0.1, 0.15) is 16.7 Å².